The van der Waals surface area contributed by atoms with Crippen LogP contribution in [0.2, 0.25) is 10.0 Å². The molecule has 1 aromatic carbocycles. The van der Waals surface area contributed by atoms with E-state index < -0.39 is 0 Å². The van der Waals surface area contributed by atoms with Crippen molar-refractivity contribution in [2.24, 2.45) is 0 Å². The molecule has 3 N–H and O–H groups in total. The first-order valence-electron chi connectivity index (χ1n) is 5.46. The summed E-state index contributed by atoms with van der Waals surface area (Å²) in [4.78, 5) is 16.2. The molecular weight excluding hydrogens is 285 g/mol. The molecule has 0 spiro atoms. The second-order valence-electron chi connectivity index (χ2n) is 3.98. The summed E-state index contributed by atoms with van der Waals surface area (Å²) in [6.07, 6.45) is 1.60. The molecule has 0 aliphatic rings. The number of halogens is 2. The molecule has 2 rings (SSSR count). The number of aromatic nitrogens is 1. The molecule has 98 valence electrons. The molecule has 0 bridgehead atoms. The Morgan fingerprint density at radius 3 is 2.74 bits per heavy atom. The monoisotopic (exact) mass is 295 g/mol. The third-order valence-electron chi connectivity index (χ3n) is 2.56. The largest absolute Gasteiger partial charge is 0.397 e. The standard InChI is InChI=1S/C13H11Cl2N3O/c1-7-3-2-4-17-12(7)18-13(19)8-5-9(14)11(15)10(16)6-8/h2-6H,16H2,1H3,(H,17,18,19). The summed E-state index contributed by atoms with van der Waals surface area (Å²) in [6.45, 7) is 1.85. The van der Waals surface area contributed by atoms with Gasteiger partial charge in [-0.15, -0.1) is 0 Å². The lowest BCUT2D eigenvalue weighted by Gasteiger charge is -2.08. The Balaban J connectivity index is 2.28. The number of aryl methyl sites for hydroxylation is 1. The van der Waals surface area contributed by atoms with E-state index in [0.717, 1.165) is 5.56 Å². The van der Waals surface area contributed by atoms with Gasteiger partial charge in [0.15, 0.2) is 0 Å². The normalized spacial score (nSPS) is 10.3. The molecule has 1 amide bonds. The van der Waals surface area contributed by atoms with Crippen molar-refractivity contribution < 1.29 is 4.79 Å². The van der Waals surface area contributed by atoms with Gasteiger partial charge in [-0.2, -0.15) is 0 Å². The highest BCUT2D eigenvalue weighted by Crippen LogP contribution is 2.29. The number of benzene rings is 1. The Bertz CT molecular complexity index is 621. The van der Waals surface area contributed by atoms with E-state index in [-0.39, 0.29) is 21.6 Å². The minimum atomic E-state index is -0.341. The second-order valence-corrected chi connectivity index (χ2v) is 4.77. The molecule has 0 saturated heterocycles. The predicted octanol–water partition coefficient (Wildman–Crippen LogP) is 3.53. The number of nitrogens with zero attached hydrogens (tertiary/aromatic N) is 1. The molecule has 0 aliphatic carbocycles. The lowest BCUT2D eigenvalue weighted by Crippen LogP contribution is -2.14. The van der Waals surface area contributed by atoms with Crippen LogP contribution in [0.3, 0.4) is 0 Å². The van der Waals surface area contributed by atoms with Crippen molar-refractivity contribution in [1.82, 2.24) is 4.98 Å². The number of nitrogens with two attached hydrogens (primary N) is 1. The van der Waals surface area contributed by atoms with E-state index in [0.29, 0.717) is 11.4 Å². The number of amides is 1. The van der Waals surface area contributed by atoms with Crippen LogP contribution in [0.15, 0.2) is 30.5 Å². The van der Waals surface area contributed by atoms with Crippen LogP contribution >= 0.6 is 23.2 Å². The van der Waals surface area contributed by atoms with Crippen molar-refractivity contribution in [3.8, 4) is 0 Å². The Labute approximate surface area is 120 Å². The number of hydrogen-bond donors (Lipinski definition) is 2. The maximum Gasteiger partial charge on any atom is 0.256 e. The van der Waals surface area contributed by atoms with Gasteiger partial charge >= 0.3 is 0 Å². The lowest BCUT2D eigenvalue weighted by atomic mass is 10.2. The van der Waals surface area contributed by atoms with Crippen molar-refractivity contribution in [3.05, 3.63) is 51.6 Å². The summed E-state index contributed by atoms with van der Waals surface area (Å²) in [6, 6.07) is 6.59. The zero-order valence-electron chi connectivity index (χ0n) is 10.1. The molecule has 0 saturated carbocycles. The zero-order chi connectivity index (χ0) is 14.0. The number of pyridine rings is 1. The average Bonchev–Trinajstić information content (AvgIpc) is 2.38. The predicted molar refractivity (Wildman–Crippen MR) is 77.8 cm³/mol. The SMILES string of the molecule is Cc1cccnc1NC(=O)c1cc(N)c(Cl)c(Cl)c1. The molecule has 0 aliphatic heterocycles. The van der Waals surface area contributed by atoms with Crippen molar-refractivity contribution in [2.45, 2.75) is 6.92 Å². The number of nitrogens with one attached hydrogen (secondary N) is 1. The molecule has 0 unspecified atom stereocenters. The molecule has 4 nitrogen and oxygen atoms in total. The van der Waals surface area contributed by atoms with Crippen molar-refractivity contribution in [3.63, 3.8) is 0 Å². The molecule has 0 radical (unpaired) electrons. The Hall–Kier alpha value is -1.78. The van der Waals surface area contributed by atoms with Crippen LogP contribution in [0.4, 0.5) is 11.5 Å². The molecule has 0 fully saturated rings. The van der Waals surface area contributed by atoms with Gasteiger partial charge in [0, 0.05) is 11.8 Å². The van der Waals surface area contributed by atoms with Crippen LogP contribution in [0.25, 0.3) is 0 Å². The van der Waals surface area contributed by atoms with Crippen LogP contribution in [0.1, 0.15) is 15.9 Å². The van der Waals surface area contributed by atoms with Gasteiger partial charge in [0.05, 0.1) is 15.7 Å². The fourth-order valence-corrected chi connectivity index (χ4v) is 1.87. The van der Waals surface area contributed by atoms with Gasteiger partial charge in [0.25, 0.3) is 5.91 Å². The minimum Gasteiger partial charge on any atom is -0.397 e. The maximum atomic E-state index is 12.1. The molecular formula is C13H11Cl2N3O. The Kier molecular flexibility index (Phi) is 3.93. The van der Waals surface area contributed by atoms with Crippen LogP contribution < -0.4 is 11.1 Å². The van der Waals surface area contributed by atoms with E-state index in [4.69, 9.17) is 28.9 Å². The summed E-state index contributed by atoms with van der Waals surface area (Å²) < 4.78 is 0. The number of nitrogen functional groups attached to an aromatic ring is 1. The third kappa shape index (κ3) is 2.97. The number of carbonyl (C=O) groups excluding carboxylic acids is 1. The van der Waals surface area contributed by atoms with Gasteiger partial charge in [-0.05, 0) is 30.7 Å². The molecule has 2 aromatic rings. The average molecular weight is 296 g/mol. The summed E-state index contributed by atoms with van der Waals surface area (Å²) in [5.74, 6) is 0.157. The highest BCUT2D eigenvalue weighted by Gasteiger charge is 2.12. The van der Waals surface area contributed by atoms with Crippen molar-refractivity contribution in [2.75, 3.05) is 11.1 Å². The van der Waals surface area contributed by atoms with Gasteiger partial charge in [-0.1, -0.05) is 29.3 Å². The first-order chi connectivity index (χ1) is 8.99. The van der Waals surface area contributed by atoms with E-state index in [9.17, 15) is 4.79 Å². The number of anilines is 2. The van der Waals surface area contributed by atoms with Gasteiger partial charge in [-0.25, -0.2) is 4.98 Å². The van der Waals surface area contributed by atoms with Crippen LogP contribution in [0.5, 0.6) is 0 Å². The number of rotatable bonds is 2. The van der Waals surface area contributed by atoms with Crippen LogP contribution in [0, 0.1) is 6.92 Å². The molecule has 0 atom stereocenters. The second kappa shape index (κ2) is 5.47. The van der Waals surface area contributed by atoms with Gasteiger partial charge in [0.1, 0.15) is 5.82 Å². The lowest BCUT2D eigenvalue weighted by molar-refractivity contribution is 0.102. The molecule has 6 heteroatoms. The summed E-state index contributed by atoms with van der Waals surface area (Å²) >= 11 is 11.7. The highest BCUT2D eigenvalue weighted by atomic mass is 35.5. The van der Waals surface area contributed by atoms with Gasteiger partial charge in [0.2, 0.25) is 0 Å². The Morgan fingerprint density at radius 2 is 2.11 bits per heavy atom. The molecule has 1 aromatic heterocycles. The summed E-state index contributed by atoms with van der Waals surface area (Å²) in [5, 5.41) is 3.18. The number of hydrogen-bond acceptors (Lipinski definition) is 3. The smallest absolute Gasteiger partial charge is 0.256 e. The number of carbonyl (C=O) groups is 1. The van der Waals surface area contributed by atoms with E-state index in [1.807, 2.05) is 13.0 Å². The third-order valence-corrected chi connectivity index (χ3v) is 3.38. The van der Waals surface area contributed by atoms with E-state index in [1.165, 1.54) is 12.1 Å². The minimum absolute atomic E-state index is 0.240. The van der Waals surface area contributed by atoms with E-state index in [1.54, 1.807) is 12.3 Å². The topological polar surface area (TPSA) is 68.0 Å². The summed E-state index contributed by atoms with van der Waals surface area (Å²) in [5.41, 5.74) is 7.13. The highest BCUT2D eigenvalue weighted by molar-refractivity contribution is 6.44. The quantitative estimate of drug-likeness (QED) is 0.833. The molecule has 1 heterocycles. The van der Waals surface area contributed by atoms with Gasteiger partial charge in [-0.3, -0.25) is 4.79 Å². The van der Waals surface area contributed by atoms with Crippen molar-refractivity contribution in [1.29, 1.82) is 0 Å². The van der Waals surface area contributed by atoms with Crippen LogP contribution in [-0.4, -0.2) is 10.9 Å². The maximum absolute atomic E-state index is 12.1. The Morgan fingerprint density at radius 1 is 1.37 bits per heavy atom. The summed E-state index contributed by atoms with van der Waals surface area (Å²) in [7, 11) is 0. The fraction of sp³-hybridized carbons (Fsp3) is 0.0769. The fourth-order valence-electron chi connectivity index (χ4n) is 1.54. The van der Waals surface area contributed by atoms with Crippen LogP contribution in [-0.2, 0) is 0 Å². The van der Waals surface area contributed by atoms with Gasteiger partial charge < -0.3 is 11.1 Å². The molecule has 19 heavy (non-hydrogen) atoms. The van der Waals surface area contributed by atoms with Crippen molar-refractivity contribution >= 4 is 40.6 Å². The first kappa shape index (κ1) is 13.6. The van der Waals surface area contributed by atoms with E-state index in [2.05, 4.69) is 10.3 Å². The van der Waals surface area contributed by atoms with E-state index >= 15 is 0 Å². The first-order valence-corrected chi connectivity index (χ1v) is 6.22. The zero-order valence-corrected chi connectivity index (χ0v) is 11.6.